The van der Waals surface area contributed by atoms with Crippen LogP contribution < -0.4 is 4.74 Å². The van der Waals surface area contributed by atoms with E-state index in [-0.39, 0.29) is 28.8 Å². The highest BCUT2D eigenvalue weighted by Gasteiger charge is 2.31. The fourth-order valence-electron chi connectivity index (χ4n) is 2.08. The summed E-state index contributed by atoms with van der Waals surface area (Å²) in [7, 11) is 0. The van der Waals surface area contributed by atoms with E-state index in [0.29, 0.717) is 12.6 Å². The van der Waals surface area contributed by atoms with E-state index in [1.807, 2.05) is 6.92 Å². The molecule has 1 amide bonds. The molecule has 1 N–H and O–H groups in total. The maximum absolute atomic E-state index is 12.0. The van der Waals surface area contributed by atoms with Gasteiger partial charge in [0.1, 0.15) is 11.3 Å². The van der Waals surface area contributed by atoms with Gasteiger partial charge in [-0.1, -0.05) is 17.7 Å². The number of carbonyl (C=O) groups is 2. The number of carboxylic acids is 1. The Bertz CT molecular complexity index is 528. The van der Waals surface area contributed by atoms with Crippen molar-refractivity contribution in [1.29, 1.82) is 0 Å². The van der Waals surface area contributed by atoms with Gasteiger partial charge in [-0.15, -0.1) is 0 Å². The fourth-order valence-corrected chi connectivity index (χ4v) is 2.33. The number of ether oxygens (including phenoxy) is 1. The van der Waals surface area contributed by atoms with Crippen molar-refractivity contribution in [3.63, 3.8) is 0 Å². The number of likely N-dealkylation sites (N-methyl/N-ethyl adjacent to an activating group) is 1. The summed E-state index contributed by atoms with van der Waals surface area (Å²) in [6.45, 7) is 2.37. The van der Waals surface area contributed by atoms with Gasteiger partial charge in [-0.3, -0.25) is 4.79 Å². The van der Waals surface area contributed by atoms with Crippen LogP contribution in [0.3, 0.4) is 0 Å². The van der Waals surface area contributed by atoms with Crippen LogP contribution in [0.1, 0.15) is 30.1 Å². The van der Waals surface area contributed by atoms with Crippen LogP contribution in [0.25, 0.3) is 0 Å². The maximum Gasteiger partial charge on any atom is 0.341 e. The zero-order chi connectivity index (χ0) is 14.7. The number of rotatable bonds is 6. The minimum atomic E-state index is -1.17. The number of hydrogen-bond donors (Lipinski definition) is 1. The number of nitrogens with zero attached hydrogens (tertiary/aromatic N) is 1. The Morgan fingerprint density at radius 2 is 2.15 bits per heavy atom. The van der Waals surface area contributed by atoms with E-state index in [1.54, 1.807) is 11.0 Å². The van der Waals surface area contributed by atoms with Crippen molar-refractivity contribution in [2.24, 2.45) is 0 Å². The number of hydrogen-bond acceptors (Lipinski definition) is 3. The Hall–Kier alpha value is -1.75. The van der Waals surface area contributed by atoms with Crippen LogP contribution in [0, 0.1) is 0 Å². The highest BCUT2D eigenvalue weighted by atomic mass is 35.5. The highest BCUT2D eigenvalue weighted by Crippen LogP contribution is 2.28. The van der Waals surface area contributed by atoms with E-state index in [9.17, 15) is 9.59 Å². The van der Waals surface area contributed by atoms with Crippen LogP contribution in [0.5, 0.6) is 5.75 Å². The number of carbonyl (C=O) groups excluding carboxylic acids is 1. The first-order chi connectivity index (χ1) is 9.54. The molecule has 1 fully saturated rings. The van der Waals surface area contributed by atoms with Crippen molar-refractivity contribution in [1.82, 2.24) is 4.90 Å². The standard InChI is InChI=1S/C14H16ClNO4/c1-2-16(9-6-7-9)12(17)8-20-11-5-3-4-10(15)13(11)14(18)19/h3-5,9H,2,6-8H2,1H3,(H,18,19). The summed E-state index contributed by atoms with van der Waals surface area (Å²) in [5.41, 5.74) is -0.114. The van der Waals surface area contributed by atoms with Crippen molar-refractivity contribution >= 4 is 23.5 Å². The third-order valence-electron chi connectivity index (χ3n) is 3.19. The molecule has 1 aromatic rings. The molecule has 20 heavy (non-hydrogen) atoms. The van der Waals surface area contributed by atoms with Gasteiger partial charge in [-0.05, 0) is 31.9 Å². The lowest BCUT2D eigenvalue weighted by atomic mass is 10.2. The second kappa shape index (κ2) is 6.13. The van der Waals surface area contributed by atoms with E-state index < -0.39 is 5.97 Å². The highest BCUT2D eigenvalue weighted by molar-refractivity contribution is 6.33. The van der Waals surface area contributed by atoms with Crippen molar-refractivity contribution in [3.05, 3.63) is 28.8 Å². The lowest BCUT2D eigenvalue weighted by Gasteiger charge is -2.20. The van der Waals surface area contributed by atoms with Gasteiger partial charge in [0.15, 0.2) is 6.61 Å². The van der Waals surface area contributed by atoms with Crippen LogP contribution in [0.2, 0.25) is 5.02 Å². The first kappa shape index (κ1) is 14.7. The summed E-state index contributed by atoms with van der Waals surface area (Å²) in [6.07, 6.45) is 2.05. The van der Waals surface area contributed by atoms with E-state index in [2.05, 4.69) is 0 Å². The molecule has 2 rings (SSSR count). The van der Waals surface area contributed by atoms with Gasteiger partial charge in [0.25, 0.3) is 5.91 Å². The molecule has 0 heterocycles. The molecule has 0 saturated heterocycles. The lowest BCUT2D eigenvalue weighted by molar-refractivity contribution is -0.133. The molecular formula is C14H16ClNO4. The van der Waals surface area contributed by atoms with Gasteiger partial charge in [0.05, 0.1) is 5.02 Å². The molecule has 0 atom stereocenters. The second-order valence-electron chi connectivity index (χ2n) is 4.62. The van der Waals surface area contributed by atoms with Crippen molar-refractivity contribution < 1.29 is 19.4 Å². The fraction of sp³-hybridized carbons (Fsp3) is 0.429. The van der Waals surface area contributed by atoms with Crippen molar-refractivity contribution in [2.75, 3.05) is 13.2 Å². The molecule has 0 bridgehead atoms. The Morgan fingerprint density at radius 3 is 2.70 bits per heavy atom. The Balaban J connectivity index is 2.05. The van der Waals surface area contributed by atoms with Crippen LogP contribution in [-0.2, 0) is 4.79 Å². The number of carboxylic acid groups (broad SMARTS) is 1. The average molecular weight is 298 g/mol. The van der Waals surface area contributed by atoms with Gasteiger partial charge in [0.2, 0.25) is 0 Å². The molecule has 1 aliphatic rings. The molecule has 108 valence electrons. The lowest BCUT2D eigenvalue weighted by Crippen LogP contribution is -2.36. The monoisotopic (exact) mass is 297 g/mol. The SMILES string of the molecule is CCN(C(=O)COc1cccc(Cl)c1C(=O)O)C1CC1. The third kappa shape index (κ3) is 3.22. The normalized spacial score (nSPS) is 13.9. The molecular weight excluding hydrogens is 282 g/mol. The van der Waals surface area contributed by atoms with Gasteiger partial charge in [0, 0.05) is 12.6 Å². The van der Waals surface area contributed by atoms with Crippen LogP contribution in [0.4, 0.5) is 0 Å². The summed E-state index contributed by atoms with van der Waals surface area (Å²) < 4.78 is 5.35. The van der Waals surface area contributed by atoms with Crippen molar-refractivity contribution in [2.45, 2.75) is 25.8 Å². The summed E-state index contributed by atoms with van der Waals surface area (Å²) in [5, 5.41) is 9.20. The predicted molar refractivity (Wildman–Crippen MR) is 74.3 cm³/mol. The number of aromatic carboxylic acids is 1. The Labute approximate surface area is 122 Å². The molecule has 6 heteroatoms. The largest absolute Gasteiger partial charge is 0.483 e. The predicted octanol–water partition coefficient (Wildman–Crippen LogP) is 2.43. The van der Waals surface area contributed by atoms with E-state index in [0.717, 1.165) is 12.8 Å². The number of benzene rings is 1. The number of halogens is 1. The molecule has 0 unspecified atom stereocenters. The van der Waals surface area contributed by atoms with Crippen LogP contribution in [-0.4, -0.2) is 41.1 Å². The zero-order valence-electron chi connectivity index (χ0n) is 11.1. The average Bonchev–Trinajstić information content (AvgIpc) is 3.21. The van der Waals surface area contributed by atoms with Crippen LogP contribution in [0.15, 0.2) is 18.2 Å². The van der Waals surface area contributed by atoms with Gasteiger partial charge < -0.3 is 14.7 Å². The molecule has 0 aliphatic heterocycles. The zero-order valence-corrected chi connectivity index (χ0v) is 11.9. The van der Waals surface area contributed by atoms with Gasteiger partial charge in [-0.2, -0.15) is 0 Å². The summed E-state index contributed by atoms with van der Waals surface area (Å²) >= 11 is 5.83. The van der Waals surface area contributed by atoms with Gasteiger partial charge >= 0.3 is 5.97 Å². The Morgan fingerprint density at radius 1 is 1.45 bits per heavy atom. The van der Waals surface area contributed by atoms with Crippen molar-refractivity contribution in [3.8, 4) is 5.75 Å². The van der Waals surface area contributed by atoms with Gasteiger partial charge in [-0.25, -0.2) is 4.79 Å². The maximum atomic E-state index is 12.0. The van der Waals surface area contributed by atoms with E-state index >= 15 is 0 Å². The van der Waals surface area contributed by atoms with E-state index in [1.165, 1.54) is 12.1 Å². The molecule has 1 aliphatic carbocycles. The molecule has 1 aromatic carbocycles. The summed E-state index contributed by atoms with van der Waals surface area (Å²) in [4.78, 5) is 24.9. The molecule has 0 radical (unpaired) electrons. The molecule has 0 spiro atoms. The minimum absolute atomic E-state index is 0.0944. The van der Waals surface area contributed by atoms with E-state index in [4.69, 9.17) is 21.4 Å². The minimum Gasteiger partial charge on any atom is -0.483 e. The topological polar surface area (TPSA) is 66.8 Å². The smallest absolute Gasteiger partial charge is 0.341 e. The number of amides is 1. The second-order valence-corrected chi connectivity index (χ2v) is 5.02. The first-order valence-corrected chi connectivity index (χ1v) is 6.86. The first-order valence-electron chi connectivity index (χ1n) is 6.48. The quantitative estimate of drug-likeness (QED) is 0.875. The summed E-state index contributed by atoms with van der Waals surface area (Å²) in [6, 6.07) is 4.88. The third-order valence-corrected chi connectivity index (χ3v) is 3.50. The molecule has 5 nitrogen and oxygen atoms in total. The molecule has 0 aromatic heterocycles. The Kier molecular flexibility index (Phi) is 4.49. The molecule has 1 saturated carbocycles. The summed E-state index contributed by atoms with van der Waals surface area (Å²) in [5.74, 6) is -1.19. The van der Waals surface area contributed by atoms with Crippen LogP contribution >= 0.6 is 11.6 Å².